The summed E-state index contributed by atoms with van der Waals surface area (Å²) in [6.07, 6.45) is 1.51. The third-order valence-corrected chi connectivity index (χ3v) is 3.36. The van der Waals surface area contributed by atoms with Gasteiger partial charge in [-0.15, -0.1) is 0 Å². The monoisotopic (exact) mass is 330 g/mol. The SMILES string of the molecule is COc1cc(C=C(C#N)c2cccc([N+](=O)[O-])c2)cc(Cl)c1O. The van der Waals surface area contributed by atoms with Crippen LogP contribution in [-0.2, 0) is 0 Å². The average Bonchev–Trinajstić information content (AvgIpc) is 2.55. The number of non-ortho nitro benzene ring substituents is 1. The maximum atomic E-state index is 10.8. The Labute approximate surface area is 137 Å². The molecule has 1 N–H and O–H groups in total. The number of benzene rings is 2. The summed E-state index contributed by atoms with van der Waals surface area (Å²) < 4.78 is 5.00. The average molecular weight is 331 g/mol. The van der Waals surface area contributed by atoms with Crippen LogP contribution >= 0.6 is 11.6 Å². The molecule has 23 heavy (non-hydrogen) atoms. The van der Waals surface area contributed by atoms with Crippen molar-refractivity contribution in [1.29, 1.82) is 5.26 Å². The number of halogens is 1. The number of ether oxygens (including phenoxy) is 1. The van der Waals surface area contributed by atoms with Crippen molar-refractivity contribution in [1.82, 2.24) is 0 Å². The van der Waals surface area contributed by atoms with E-state index in [0.717, 1.165) is 0 Å². The van der Waals surface area contributed by atoms with Crippen LogP contribution in [-0.4, -0.2) is 17.1 Å². The number of nitro benzene ring substituents is 1. The first kappa shape index (κ1) is 16.3. The van der Waals surface area contributed by atoms with E-state index in [-0.39, 0.29) is 27.8 Å². The van der Waals surface area contributed by atoms with Gasteiger partial charge in [-0.2, -0.15) is 5.26 Å². The second-order valence-electron chi connectivity index (χ2n) is 4.53. The molecule has 2 aromatic rings. The molecule has 0 heterocycles. The summed E-state index contributed by atoms with van der Waals surface area (Å²) in [5.41, 5.74) is 1.04. The van der Waals surface area contributed by atoms with Gasteiger partial charge >= 0.3 is 0 Å². The van der Waals surface area contributed by atoms with E-state index in [1.54, 1.807) is 6.07 Å². The fraction of sp³-hybridized carbons (Fsp3) is 0.0625. The molecule has 0 aliphatic rings. The fourth-order valence-electron chi connectivity index (χ4n) is 1.97. The van der Waals surface area contributed by atoms with Crippen LogP contribution in [0.25, 0.3) is 11.6 Å². The van der Waals surface area contributed by atoms with Gasteiger partial charge < -0.3 is 9.84 Å². The van der Waals surface area contributed by atoms with Crippen LogP contribution in [0.2, 0.25) is 5.02 Å². The number of nitrogens with zero attached hydrogens (tertiary/aromatic N) is 2. The van der Waals surface area contributed by atoms with Gasteiger partial charge in [0.2, 0.25) is 0 Å². The van der Waals surface area contributed by atoms with E-state index >= 15 is 0 Å². The largest absolute Gasteiger partial charge is 0.503 e. The molecule has 0 saturated carbocycles. The van der Waals surface area contributed by atoms with E-state index in [9.17, 15) is 20.5 Å². The Balaban J connectivity index is 2.52. The maximum absolute atomic E-state index is 10.8. The summed E-state index contributed by atoms with van der Waals surface area (Å²) in [6, 6.07) is 10.7. The summed E-state index contributed by atoms with van der Waals surface area (Å²) in [7, 11) is 1.38. The lowest BCUT2D eigenvalue weighted by atomic mass is 10.0. The van der Waals surface area contributed by atoms with Crippen molar-refractivity contribution >= 4 is 28.9 Å². The van der Waals surface area contributed by atoms with Gasteiger partial charge in [-0.25, -0.2) is 0 Å². The number of phenols is 1. The Morgan fingerprint density at radius 2 is 2.17 bits per heavy atom. The third kappa shape index (κ3) is 3.59. The van der Waals surface area contributed by atoms with Crippen LogP contribution in [0.5, 0.6) is 11.5 Å². The normalized spacial score (nSPS) is 10.9. The summed E-state index contributed by atoms with van der Waals surface area (Å²) >= 11 is 5.91. The molecule has 0 saturated heterocycles. The molecule has 0 atom stereocenters. The molecule has 0 aliphatic heterocycles. The number of aromatic hydroxyl groups is 1. The molecule has 116 valence electrons. The first-order valence-corrected chi connectivity index (χ1v) is 6.77. The number of nitriles is 1. The molecule has 7 heteroatoms. The van der Waals surface area contributed by atoms with E-state index in [1.807, 2.05) is 6.07 Å². The van der Waals surface area contributed by atoms with Crippen LogP contribution in [0.4, 0.5) is 5.69 Å². The molecule has 0 fully saturated rings. The lowest BCUT2D eigenvalue weighted by molar-refractivity contribution is -0.384. The van der Waals surface area contributed by atoms with Gasteiger partial charge in [-0.1, -0.05) is 23.7 Å². The molecule has 0 radical (unpaired) electrons. The number of rotatable bonds is 4. The zero-order valence-corrected chi connectivity index (χ0v) is 12.7. The van der Waals surface area contributed by atoms with Crippen LogP contribution in [0.3, 0.4) is 0 Å². The summed E-state index contributed by atoms with van der Waals surface area (Å²) in [4.78, 5) is 10.3. The van der Waals surface area contributed by atoms with Gasteiger partial charge in [0.1, 0.15) is 0 Å². The van der Waals surface area contributed by atoms with Crippen molar-refractivity contribution in [3.63, 3.8) is 0 Å². The van der Waals surface area contributed by atoms with E-state index in [2.05, 4.69) is 0 Å². The highest BCUT2D eigenvalue weighted by atomic mass is 35.5. The molecule has 0 bridgehead atoms. The number of allylic oxidation sites excluding steroid dienone is 1. The smallest absolute Gasteiger partial charge is 0.270 e. The predicted molar refractivity (Wildman–Crippen MR) is 86.2 cm³/mol. The molecule has 0 unspecified atom stereocenters. The lowest BCUT2D eigenvalue weighted by Gasteiger charge is -2.07. The zero-order chi connectivity index (χ0) is 17.0. The molecule has 0 amide bonds. The number of hydrogen-bond donors (Lipinski definition) is 1. The number of hydrogen-bond acceptors (Lipinski definition) is 5. The Kier molecular flexibility index (Phi) is 4.84. The van der Waals surface area contributed by atoms with Gasteiger partial charge in [0.25, 0.3) is 5.69 Å². The van der Waals surface area contributed by atoms with E-state index in [4.69, 9.17) is 16.3 Å². The van der Waals surface area contributed by atoms with Crippen LogP contribution in [0.1, 0.15) is 11.1 Å². The van der Waals surface area contributed by atoms with Gasteiger partial charge in [0, 0.05) is 12.1 Å². The first-order valence-electron chi connectivity index (χ1n) is 6.39. The highest BCUT2D eigenvalue weighted by Crippen LogP contribution is 2.36. The first-order chi connectivity index (χ1) is 11.0. The zero-order valence-electron chi connectivity index (χ0n) is 12.0. The second kappa shape index (κ2) is 6.81. The molecule has 2 rings (SSSR count). The Morgan fingerprint density at radius 1 is 1.43 bits per heavy atom. The van der Waals surface area contributed by atoms with Crippen LogP contribution < -0.4 is 4.74 Å². The standard InChI is InChI=1S/C16H11ClN2O4/c1-23-15-7-10(6-14(17)16(15)20)5-12(9-18)11-3-2-4-13(8-11)19(21)22/h2-8,20H,1H3. The van der Waals surface area contributed by atoms with Gasteiger partial charge in [0.15, 0.2) is 11.5 Å². The van der Waals surface area contributed by atoms with Crippen LogP contribution in [0.15, 0.2) is 36.4 Å². The molecule has 0 aliphatic carbocycles. The van der Waals surface area contributed by atoms with Crippen LogP contribution in [0, 0.1) is 21.4 Å². The molecular weight excluding hydrogens is 320 g/mol. The highest BCUT2D eigenvalue weighted by Gasteiger charge is 2.11. The molecule has 2 aromatic carbocycles. The summed E-state index contributed by atoms with van der Waals surface area (Å²) in [6.45, 7) is 0. The Hall–Kier alpha value is -3.04. The minimum atomic E-state index is -0.529. The Morgan fingerprint density at radius 3 is 2.78 bits per heavy atom. The molecule has 0 aromatic heterocycles. The number of nitro groups is 1. The summed E-state index contributed by atoms with van der Waals surface area (Å²) in [5, 5.41) is 29.9. The van der Waals surface area contributed by atoms with Crippen molar-refractivity contribution in [3.05, 3.63) is 62.7 Å². The quantitative estimate of drug-likeness (QED) is 0.395. The van der Waals surface area contributed by atoms with Crippen molar-refractivity contribution in [3.8, 4) is 17.6 Å². The van der Waals surface area contributed by atoms with E-state index < -0.39 is 4.92 Å². The Bertz CT molecular complexity index is 840. The van der Waals surface area contributed by atoms with Gasteiger partial charge in [-0.3, -0.25) is 10.1 Å². The highest BCUT2D eigenvalue weighted by molar-refractivity contribution is 6.32. The van der Waals surface area contributed by atoms with Crippen molar-refractivity contribution in [2.45, 2.75) is 0 Å². The number of methoxy groups -OCH3 is 1. The van der Waals surface area contributed by atoms with Crippen molar-refractivity contribution in [2.24, 2.45) is 0 Å². The summed E-state index contributed by atoms with van der Waals surface area (Å²) in [5.74, 6) is -0.0275. The molecule has 0 spiro atoms. The topological polar surface area (TPSA) is 96.4 Å². The molecular formula is C16H11ClN2O4. The van der Waals surface area contributed by atoms with Crippen molar-refractivity contribution < 1.29 is 14.8 Å². The minimum Gasteiger partial charge on any atom is -0.503 e. The van der Waals surface area contributed by atoms with Crippen molar-refractivity contribution in [2.75, 3.05) is 7.11 Å². The predicted octanol–water partition coefficient (Wildman–Crippen LogP) is 4.03. The number of phenolic OH excluding ortho intramolecular Hbond substituents is 1. The minimum absolute atomic E-state index is 0.0759. The van der Waals surface area contributed by atoms with Gasteiger partial charge in [0.05, 0.1) is 28.7 Å². The maximum Gasteiger partial charge on any atom is 0.270 e. The lowest BCUT2D eigenvalue weighted by Crippen LogP contribution is -1.90. The second-order valence-corrected chi connectivity index (χ2v) is 4.94. The van der Waals surface area contributed by atoms with Gasteiger partial charge in [-0.05, 0) is 29.3 Å². The van der Waals surface area contributed by atoms with E-state index in [0.29, 0.717) is 11.1 Å². The molecule has 6 nitrogen and oxygen atoms in total. The van der Waals surface area contributed by atoms with E-state index in [1.165, 1.54) is 43.5 Å². The third-order valence-electron chi connectivity index (χ3n) is 3.07. The fourth-order valence-corrected chi connectivity index (χ4v) is 2.19.